The van der Waals surface area contributed by atoms with Crippen molar-refractivity contribution in [2.75, 3.05) is 11.9 Å². The number of carbonyl (C=O) groups excluding carboxylic acids is 1. The first-order valence-electron chi connectivity index (χ1n) is 6.82. The molecule has 2 aromatic heterocycles. The Hall–Kier alpha value is -1.59. The summed E-state index contributed by atoms with van der Waals surface area (Å²) < 4.78 is 0. The SMILES string of the molecule is CCCNc1cc(C(=O)NCc2sccc2C)cc(Cl)n1. The molecule has 2 N–H and O–H groups in total. The summed E-state index contributed by atoms with van der Waals surface area (Å²) in [5, 5.41) is 8.38. The van der Waals surface area contributed by atoms with E-state index in [4.69, 9.17) is 11.6 Å². The number of nitrogens with zero attached hydrogens (tertiary/aromatic N) is 1. The lowest BCUT2D eigenvalue weighted by atomic mass is 10.2. The van der Waals surface area contributed by atoms with E-state index in [0.717, 1.165) is 17.8 Å². The van der Waals surface area contributed by atoms with E-state index < -0.39 is 0 Å². The van der Waals surface area contributed by atoms with Crippen LogP contribution in [0.25, 0.3) is 0 Å². The number of thiophene rings is 1. The van der Waals surface area contributed by atoms with Gasteiger partial charge in [0.2, 0.25) is 0 Å². The number of hydrogen-bond acceptors (Lipinski definition) is 4. The number of nitrogens with one attached hydrogen (secondary N) is 2. The Morgan fingerprint density at radius 2 is 2.24 bits per heavy atom. The number of rotatable bonds is 6. The Bertz CT molecular complexity index is 627. The van der Waals surface area contributed by atoms with Gasteiger partial charge in [0.15, 0.2) is 0 Å². The van der Waals surface area contributed by atoms with Crippen LogP contribution in [0.1, 0.15) is 34.1 Å². The highest BCUT2D eigenvalue weighted by molar-refractivity contribution is 7.10. The summed E-state index contributed by atoms with van der Waals surface area (Å²) in [5.41, 5.74) is 1.71. The van der Waals surface area contributed by atoms with Crippen LogP contribution in [-0.4, -0.2) is 17.4 Å². The maximum Gasteiger partial charge on any atom is 0.251 e. The van der Waals surface area contributed by atoms with E-state index in [-0.39, 0.29) is 5.91 Å². The molecule has 0 unspecified atom stereocenters. The molecule has 0 aromatic carbocycles. The Kier molecular flexibility index (Phi) is 5.59. The molecule has 1 amide bonds. The van der Waals surface area contributed by atoms with Gasteiger partial charge in [0.1, 0.15) is 11.0 Å². The van der Waals surface area contributed by atoms with E-state index in [9.17, 15) is 4.79 Å². The third kappa shape index (κ3) is 4.44. The highest BCUT2D eigenvalue weighted by Crippen LogP contribution is 2.17. The lowest BCUT2D eigenvalue weighted by Crippen LogP contribution is -2.23. The Morgan fingerprint density at radius 1 is 1.43 bits per heavy atom. The zero-order valence-corrected chi connectivity index (χ0v) is 13.6. The van der Waals surface area contributed by atoms with Gasteiger partial charge in [0.25, 0.3) is 5.91 Å². The van der Waals surface area contributed by atoms with E-state index >= 15 is 0 Å². The molecule has 112 valence electrons. The standard InChI is InChI=1S/C15H18ClN3OS/c1-3-5-17-14-8-11(7-13(16)19-14)15(20)18-9-12-10(2)4-6-21-12/h4,6-8H,3,5,9H2,1-2H3,(H,17,19)(H,18,20). The van der Waals surface area contributed by atoms with Crippen molar-refractivity contribution in [1.82, 2.24) is 10.3 Å². The Morgan fingerprint density at radius 3 is 2.90 bits per heavy atom. The average molecular weight is 324 g/mol. The van der Waals surface area contributed by atoms with Gasteiger partial charge in [-0.1, -0.05) is 18.5 Å². The van der Waals surface area contributed by atoms with E-state index in [1.165, 1.54) is 5.56 Å². The van der Waals surface area contributed by atoms with Gasteiger partial charge in [-0.2, -0.15) is 0 Å². The van der Waals surface area contributed by atoms with Crippen molar-refractivity contribution in [2.24, 2.45) is 0 Å². The molecule has 2 aromatic rings. The molecule has 0 aliphatic heterocycles. The van der Waals surface area contributed by atoms with Gasteiger partial charge in [0.05, 0.1) is 6.54 Å². The van der Waals surface area contributed by atoms with Crippen molar-refractivity contribution in [3.8, 4) is 0 Å². The third-order valence-electron chi connectivity index (χ3n) is 2.99. The first kappa shape index (κ1) is 15.8. The molecule has 21 heavy (non-hydrogen) atoms. The predicted molar refractivity (Wildman–Crippen MR) is 88.3 cm³/mol. The molecule has 2 heterocycles. The van der Waals surface area contributed by atoms with Crippen LogP contribution in [0.5, 0.6) is 0 Å². The number of halogens is 1. The van der Waals surface area contributed by atoms with Gasteiger partial charge in [-0.3, -0.25) is 4.79 Å². The molecule has 2 rings (SSSR count). The second kappa shape index (κ2) is 7.43. The zero-order valence-electron chi connectivity index (χ0n) is 12.1. The monoisotopic (exact) mass is 323 g/mol. The van der Waals surface area contributed by atoms with Gasteiger partial charge in [-0.25, -0.2) is 4.98 Å². The molecule has 4 nitrogen and oxygen atoms in total. The van der Waals surface area contributed by atoms with Crippen LogP contribution in [0, 0.1) is 6.92 Å². The zero-order chi connectivity index (χ0) is 15.2. The summed E-state index contributed by atoms with van der Waals surface area (Å²) in [7, 11) is 0. The first-order valence-corrected chi connectivity index (χ1v) is 8.08. The molecule has 0 radical (unpaired) electrons. The van der Waals surface area contributed by atoms with Crippen molar-refractivity contribution in [2.45, 2.75) is 26.8 Å². The minimum absolute atomic E-state index is 0.147. The number of amides is 1. The smallest absolute Gasteiger partial charge is 0.251 e. The fourth-order valence-electron chi connectivity index (χ4n) is 1.82. The summed E-state index contributed by atoms with van der Waals surface area (Å²) in [5.74, 6) is 0.480. The highest BCUT2D eigenvalue weighted by atomic mass is 35.5. The molecule has 0 aliphatic rings. The molecule has 0 fully saturated rings. The van der Waals surface area contributed by atoms with Crippen molar-refractivity contribution in [3.63, 3.8) is 0 Å². The van der Waals surface area contributed by atoms with Crippen LogP contribution in [0.15, 0.2) is 23.6 Å². The highest BCUT2D eigenvalue weighted by Gasteiger charge is 2.10. The van der Waals surface area contributed by atoms with Crippen molar-refractivity contribution in [3.05, 3.63) is 44.7 Å². The van der Waals surface area contributed by atoms with Gasteiger partial charge >= 0.3 is 0 Å². The lowest BCUT2D eigenvalue weighted by molar-refractivity contribution is 0.0951. The molecular formula is C15H18ClN3OS. The molecule has 0 saturated heterocycles. The summed E-state index contributed by atoms with van der Waals surface area (Å²) >= 11 is 7.61. The average Bonchev–Trinajstić information content (AvgIpc) is 2.87. The van der Waals surface area contributed by atoms with Gasteiger partial charge < -0.3 is 10.6 Å². The summed E-state index contributed by atoms with van der Waals surface area (Å²) in [6.45, 7) is 5.42. The maximum absolute atomic E-state index is 12.2. The van der Waals surface area contributed by atoms with E-state index in [0.29, 0.717) is 23.1 Å². The number of aromatic nitrogens is 1. The lowest BCUT2D eigenvalue weighted by Gasteiger charge is -2.08. The molecule has 0 atom stereocenters. The number of aryl methyl sites for hydroxylation is 1. The second-order valence-electron chi connectivity index (χ2n) is 4.70. The fraction of sp³-hybridized carbons (Fsp3) is 0.333. The fourth-order valence-corrected chi connectivity index (χ4v) is 2.87. The molecule has 0 bridgehead atoms. The molecule has 0 saturated carbocycles. The second-order valence-corrected chi connectivity index (χ2v) is 6.09. The van der Waals surface area contributed by atoms with Gasteiger partial charge in [-0.15, -0.1) is 11.3 Å². The number of hydrogen-bond donors (Lipinski definition) is 2. The summed E-state index contributed by atoms with van der Waals surface area (Å²) in [4.78, 5) is 17.5. The van der Waals surface area contributed by atoms with Crippen LogP contribution >= 0.6 is 22.9 Å². The number of anilines is 1. The normalized spacial score (nSPS) is 10.4. The summed E-state index contributed by atoms with van der Waals surface area (Å²) in [6.07, 6.45) is 0.980. The number of pyridine rings is 1. The van der Waals surface area contributed by atoms with Crippen molar-refractivity contribution in [1.29, 1.82) is 0 Å². The minimum atomic E-state index is -0.147. The van der Waals surface area contributed by atoms with Crippen molar-refractivity contribution < 1.29 is 4.79 Å². The van der Waals surface area contributed by atoms with Gasteiger partial charge in [0, 0.05) is 17.0 Å². The quantitative estimate of drug-likeness (QED) is 0.794. The largest absolute Gasteiger partial charge is 0.370 e. The summed E-state index contributed by atoms with van der Waals surface area (Å²) in [6, 6.07) is 5.34. The maximum atomic E-state index is 12.2. The van der Waals surface area contributed by atoms with E-state index in [1.807, 2.05) is 18.4 Å². The minimum Gasteiger partial charge on any atom is -0.370 e. The molecule has 0 spiro atoms. The van der Waals surface area contributed by atoms with Crippen LogP contribution in [0.2, 0.25) is 5.15 Å². The van der Waals surface area contributed by atoms with Crippen molar-refractivity contribution >= 4 is 34.7 Å². The molecule has 0 aliphatic carbocycles. The van der Waals surface area contributed by atoms with Crippen LogP contribution in [0.3, 0.4) is 0 Å². The number of carbonyl (C=O) groups is 1. The van der Waals surface area contributed by atoms with Gasteiger partial charge in [-0.05, 0) is 42.5 Å². The topological polar surface area (TPSA) is 54.0 Å². The van der Waals surface area contributed by atoms with Crippen LogP contribution in [0.4, 0.5) is 5.82 Å². The van der Waals surface area contributed by atoms with E-state index in [1.54, 1.807) is 23.5 Å². The third-order valence-corrected chi connectivity index (χ3v) is 4.21. The first-order chi connectivity index (χ1) is 10.1. The Balaban J connectivity index is 2.04. The Labute approximate surface area is 133 Å². The van der Waals surface area contributed by atoms with E-state index in [2.05, 4.69) is 22.5 Å². The van der Waals surface area contributed by atoms with Crippen LogP contribution < -0.4 is 10.6 Å². The predicted octanol–water partition coefficient (Wildman–Crippen LogP) is 3.86. The van der Waals surface area contributed by atoms with Crippen LogP contribution in [-0.2, 0) is 6.54 Å². The molecule has 6 heteroatoms. The molecular weight excluding hydrogens is 306 g/mol.